The molecule has 0 heterocycles. The summed E-state index contributed by atoms with van der Waals surface area (Å²) >= 11 is 0. The van der Waals surface area contributed by atoms with Gasteiger partial charge in [0.05, 0.1) is 16.4 Å². The average Bonchev–Trinajstić information content (AvgIpc) is 2.64. The molecule has 1 amide bonds. The van der Waals surface area contributed by atoms with Crippen LogP contribution in [-0.2, 0) is 14.8 Å². The van der Waals surface area contributed by atoms with Crippen molar-refractivity contribution in [2.75, 3.05) is 18.5 Å². The number of nitrogens with zero attached hydrogens (tertiary/aromatic N) is 1. The van der Waals surface area contributed by atoms with E-state index in [4.69, 9.17) is 4.74 Å². The van der Waals surface area contributed by atoms with Crippen LogP contribution in [0.3, 0.4) is 0 Å². The molecule has 0 saturated heterocycles. The van der Waals surface area contributed by atoms with Gasteiger partial charge in [-0.25, -0.2) is 8.42 Å². The molecule has 0 spiro atoms. The number of rotatable bonds is 7. The lowest BCUT2D eigenvalue weighted by molar-refractivity contribution is -0.384. The van der Waals surface area contributed by atoms with Crippen LogP contribution >= 0.6 is 0 Å². The van der Waals surface area contributed by atoms with Gasteiger partial charge in [-0.05, 0) is 24.3 Å². The summed E-state index contributed by atoms with van der Waals surface area (Å²) in [5, 5.41) is 13.2. The van der Waals surface area contributed by atoms with Crippen LogP contribution in [0.15, 0.2) is 53.4 Å². The van der Waals surface area contributed by atoms with Crippen molar-refractivity contribution in [3.63, 3.8) is 0 Å². The van der Waals surface area contributed by atoms with E-state index in [-0.39, 0.29) is 29.6 Å². The van der Waals surface area contributed by atoms with Crippen LogP contribution in [0.2, 0.25) is 0 Å². The fraction of sp³-hybridized carbons (Fsp3) is 0.167. The van der Waals surface area contributed by atoms with Crippen molar-refractivity contribution >= 4 is 27.3 Å². The standard InChI is InChI=1S/C18H17N3O6S/c1-14(22)20-15-5-4-6-17(13-15)27-12-3-2-11-19-28(25,26)18-9-7-16(8-10-18)21(23)24/h4-10,13,19H,11-12H2,1H3,(H,20,22). The molecule has 146 valence electrons. The maximum atomic E-state index is 12.1. The van der Waals surface area contributed by atoms with Crippen LogP contribution in [0.25, 0.3) is 0 Å². The summed E-state index contributed by atoms with van der Waals surface area (Å²) in [6, 6.07) is 11.3. The lowest BCUT2D eigenvalue weighted by atomic mass is 10.3. The van der Waals surface area contributed by atoms with Crippen LogP contribution in [0.5, 0.6) is 5.75 Å². The molecule has 0 saturated carbocycles. The van der Waals surface area contributed by atoms with E-state index in [1.807, 2.05) is 0 Å². The minimum atomic E-state index is -3.82. The largest absolute Gasteiger partial charge is 0.481 e. The Bertz CT molecular complexity index is 1020. The van der Waals surface area contributed by atoms with Crippen molar-refractivity contribution in [3.8, 4) is 17.6 Å². The number of carbonyl (C=O) groups is 1. The van der Waals surface area contributed by atoms with Gasteiger partial charge in [-0.3, -0.25) is 14.9 Å². The lowest BCUT2D eigenvalue weighted by Crippen LogP contribution is -2.24. The number of nitrogens with one attached hydrogen (secondary N) is 2. The molecule has 0 bridgehead atoms. The van der Waals surface area contributed by atoms with E-state index in [0.717, 1.165) is 24.3 Å². The Labute approximate surface area is 161 Å². The summed E-state index contributed by atoms with van der Waals surface area (Å²) in [4.78, 5) is 20.9. The van der Waals surface area contributed by atoms with Gasteiger partial charge in [0.15, 0.2) is 0 Å². The molecule has 2 aromatic carbocycles. The predicted octanol–water partition coefficient (Wildman–Crippen LogP) is 1.91. The first-order valence-corrected chi connectivity index (χ1v) is 9.46. The number of nitro benzene ring substituents is 1. The van der Waals surface area contributed by atoms with Gasteiger partial charge < -0.3 is 10.1 Å². The number of anilines is 1. The fourth-order valence-electron chi connectivity index (χ4n) is 2.06. The summed E-state index contributed by atoms with van der Waals surface area (Å²) in [5.41, 5.74) is 0.396. The molecule has 0 aliphatic heterocycles. The third kappa shape index (κ3) is 6.39. The number of ether oxygens (including phenoxy) is 1. The molecule has 0 aliphatic carbocycles. The van der Waals surface area contributed by atoms with Crippen LogP contribution in [0.4, 0.5) is 11.4 Å². The molecule has 0 fully saturated rings. The number of hydrogen-bond acceptors (Lipinski definition) is 6. The number of nitro groups is 1. The van der Waals surface area contributed by atoms with E-state index >= 15 is 0 Å². The van der Waals surface area contributed by atoms with Gasteiger partial charge in [0, 0.05) is 30.8 Å². The third-order valence-corrected chi connectivity index (χ3v) is 4.72. The monoisotopic (exact) mass is 403 g/mol. The molecule has 0 aliphatic rings. The molecule has 28 heavy (non-hydrogen) atoms. The quantitative estimate of drug-likeness (QED) is 0.413. The predicted molar refractivity (Wildman–Crippen MR) is 102 cm³/mol. The van der Waals surface area contributed by atoms with Gasteiger partial charge in [-0.1, -0.05) is 17.9 Å². The van der Waals surface area contributed by atoms with E-state index in [2.05, 4.69) is 21.9 Å². The van der Waals surface area contributed by atoms with Crippen molar-refractivity contribution in [3.05, 3.63) is 58.6 Å². The summed E-state index contributed by atoms with van der Waals surface area (Å²) in [6.45, 7) is 1.29. The second-order valence-corrected chi connectivity index (χ2v) is 7.19. The Morgan fingerprint density at radius 3 is 2.54 bits per heavy atom. The average molecular weight is 403 g/mol. The van der Waals surface area contributed by atoms with Crippen molar-refractivity contribution < 1.29 is 22.9 Å². The Hall–Kier alpha value is -3.42. The highest BCUT2D eigenvalue weighted by Gasteiger charge is 2.14. The normalized spacial score (nSPS) is 10.5. The second-order valence-electron chi connectivity index (χ2n) is 5.43. The van der Waals surface area contributed by atoms with Crippen LogP contribution in [0, 0.1) is 22.0 Å². The molecule has 9 nitrogen and oxygen atoms in total. The molecule has 0 unspecified atom stereocenters. The number of hydrogen-bond donors (Lipinski definition) is 2. The first-order chi connectivity index (χ1) is 13.3. The Balaban J connectivity index is 1.84. The number of benzene rings is 2. The summed E-state index contributed by atoms with van der Waals surface area (Å²) in [6.07, 6.45) is 0. The van der Waals surface area contributed by atoms with Gasteiger partial charge >= 0.3 is 0 Å². The van der Waals surface area contributed by atoms with Crippen LogP contribution < -0.4 is 14.8 Å². The van der Waals surface area contributed by atoms with E-state index in [1.54, 1.807) is 24.3 Å². The maximum Gasteiger partial charge on any atom is 0.269 e. The SMILES string of the molecule is CC(=O)Nc1cccc(OCC#CCNS(=O)(=O)c2ccc([N+](=O)[O-])cc2)c1. The highest BCUT2D eigenvalue weighted by atomic mass is 32.2. The first-order valence-electron chi connectivity index (χ1n) is 7.98. The van der Waals surface area contributed by atoms with E-state index in [0.29, 0.717) is 11.4 Å². The number of non-ortho nitro benzene ring substituents is 1. The van der Waals surface area contributed by atoms with E-state index < -0.39 is 14.9 Å². The first kappa shape index (κ1) is 20.9. The molecule has 2 N–H and O–H groups in total. The van der Waals surface area contributed by atoms with E-state index in [1.165, 1.54) is 6.92 Å². The lowest BCUT2D eigenvalue weighted by Gasteiger charge is -2.05. The van der Waals surface area contributed by atoms with Gasteiger partial charge in [-0.15, -0.1) is 0 Å². The zero-order valence-electron chi connectivity index (χ0n) is 14.8. The van der Waals surface area contributed by atoms with Gasteiger partial charge in [0.1, 0.15) is 12.4 Å². The minimum absolute atomic E-state index is 0.0305. The molecule has 2 rings (SSSR count). The fourth-order valence-corrected chi connectivity index (χ4v) is 2.98. The molecule has 0 atom stereocenters. The third-order valence-electron chi connectivity index (χ3n) is 3.30. The smallest absolute Gasteiger partial charge is 0.269 e. The van der Waals surface area contributed by atoms with Crippen LogP contribution in [0.1, 0.15) is 6.92 Å². The molecule has 2 aromatic rings. The topological polar surface area (TPSA) is 128 Å². The Morgan fingerprint density at radius 2 is 1.89 bits per heavy atom. The van der Waals surface area contributed by atoms with Gasteiger partial charge in [0.2, 0.25) is 15.9 Å². The number of amides is 1. The molecular formula is C18H17N3O6S. The van der Waals surface area contributed by atoms with Crippen molar-refractivity contribution in [1.82, 2.24) is 4.72 Å². The summed E-state index contributed by atoms with van der Waals surface area (Å²) in [5.74, 6) is 5.59. The van der Waals surface area contributed by atoms with Crippen molar-refractivity contribution in [1.29, 1.82) is 0 Å². The minimum Gasteiger partial charge on any atom is -0.481 e. The zero-order chi connectivity index (χ0) is 20.6. The van der Waals surface area contributed by atoms with Crippen molar-refractivity contribution in [2.24, 2.45) is 0 Å². The highest BCUT2D eigenvalue weighted by molar-refractivity contribution is 7.89. The molecule has 0 aromatic heterocycles. The zero-order valence-corrected chi connectivity index (χ0v) is 15.7. The van der Waals surface area contributed by atoms with Crippen molar-refractivity contribution in [2.45, 2.75) is 11.8 Å². The highest BCUT2D eigenvalue weighted by Crippen LogP contribution is 2.17. The van der Waals surface area contributed by atoms with Crippen LogP contribution in [-0.4, -0.2) is 32.4 Å². The number of sulfonamides is 1. The van der Waals surface area contributed by atoms with Gasteiger partial charge in [0.25, 0.3) is 5.69 Å². The maximum absolute atomic E-state index is 12.1. The Morgan fingerprint density at radius 1 is 1.18 bits per heavy atom. The second kappa shape index (κ2) is 9.50. The Kier molecular flexibility index (Phi) is 7.08. The molecular weight excluding hydrogens is 386 g/mol. The van der Waals surface area contributed by atoms with E-state index in [9.17, 15) is 23.3 Å². The molecule has 0 radical (unpaired) electrons. The number of carbonyl (C=O) groups excluding carboxylic acids is 1. The summed E-state index contributed by atoms with van der Waals surface area (Å²) in [7, 11) is -3.82. The summed E-state index contributed by atoms with van der Waals surface area (Å²) < 4.78 is 31.9. The van der Waals surface area contributed by atoms with Gasteiger partial charge in [-0.2, -0.15) is 4.72 Å². The molecule has 10 heteroatoms.